The Morgan fingerprint density at radius 1 is 0.340 bits per heavy atom. The van der Waals surface area contributed by atoms with Gasteiger partial charge in [-0.25, -0.2) is 0 Å². The van der Waals surface area contributed by atoms with Gasteiger partial charge in [0.2, 0.25) is 0 Å². The maximum atomic E-state index is 5.87. The van der Waals surface area contributed by atoms with Gasteiger partial charge < -0.3 is 28.4 Å². The molecule has 0 N–H and O–H groups in total. The number of ether oxygens (including phenoxy) is 6. The molecule has 50 heavy (non-hydrogen) atoms. The largest absolute Gasteiger partial charge is 0.328 e. The number of rotatable bonds is 41. The summed E-state index contributed by atoms with van der Waals surface area (Å²) in [6.07, 6.45) is 27.6. The highest BCUT2D eigenvalue weighted by molar-refractivity contribution is 9.26. The zero-order valence-corrected chi connectivity index (χ0v) is 37.3. The van der Waals surface area contributed by atoms with Gasteiger partial charge in [0.1, 0.15) is 0 Å². The van der Waals surface area contributed by atoms with Crippen LogP contribution < -0.4 is 0 Å². The smallest absolute Gasteiger partial charge is 0.282 e. The lowest BCUT2D eigenvalue weighted by atomic mass is 10.0. The van der Waals surface area contributed by atoms with Crippen LogP contribution in [0.3, 0.4) is 0 Å². The molecular weight excluding hydrogens is 705 g/mol. The topological polar surface area (TPSA) is 55.4 Å². The fraction of sp³-hybridized carbons (Fsp3) is 1.00. The van der Waals surface area contributed by atoms with E-state index >= 15 is 0 Å². The lowest BCUT2D eigenvalue weighted by Crippen LogP contribution is -2.39. The molecule has 0 aromatic rings. The molecule has 0 aromatic heterocycles. The SMILES string of the molecule is CCCC(CCCCCCCCCC(OCC)(OCC)OCC)SSSSC(CCC)CCCCCCCCCC(OCC)(OCC)OCC. The van der Waals surface area contributed by atoms with Crippen molar-refractivity contribution in [2.75, 3.05) is 39.6 Å². The molecule has 0 aliphatic heterocycles. The van der Waals surface area contributed by atoms with Gasteiger partial charge in [0, 0.05) is 63.0 Å². The average Bonchev–Trinajstić information content (AvgIpc) is 3.09. The molecule has 0 bridgehead atoms. The van der Waals surface area contributed by atoms with Gasteiger partial charge >= 0.3 is 0 Å². The van der Waals surface area contributed by atoms with Crippen molar-refractivity contribution in [3.63, 3.8) is 0 Å². The Bertz CT molecular complexity index is 602. The molecule has 302 valence electrons. The fourth-order valence-electron chi connectivity index (χ4n) is 6.47. The summed E-state index contributed by atoms with van der Waals surface area (Å²) in [7, 11) is 8.39. The van der Waals surface area contributed by atoms with E-state index in [0.717, 1.165) is 36.2 Å². The van der Waals surface area contributed by atoms with Crippen molar-refractivity contribution in [1.82, 2.24) is 0 Å². The highest BCUT2D eigenvalue weighted by Gasteiger charge is 2.32. The Morgan fingerprint density at radius 3 is 0.860 bits per heavy atom. The monoisotopic (exact) mass is 786 g/mol. The molecule has 0 rings (SSSR count). The van der Waals surface area contributed by atoms with Crippen LogP contribution in [0.15, 0.2) is 0 Å². The Morgan fingerprint density at radius 2 is 0.600 bits per heavy atom. The van der Waals surface area contributed by atoms with Gasteiger partial charge in [0.15, 0.2) is 0 Å². The molecule has 0 saturated heterocycles. The van der Waals surface area contributed by atoms with E-state index in [1.54, 1.807) is 0 Å². The van der Waals surface area contributed by atoms with Crippen LogP contribution in [0, 0.1) is 0 Å². The minimum atomic E-state index is -0.842. The summed E-state index contributed by atoms with van der Waals surface area (Å²) in [6.45, 7) is 20.4. The van der Waals surface area contributed by atoms with E-state index in [4.69, 9.17) is 28.4 Å². The minimum Gasteiger partial charge on any atom is -0.328 e. The minimum absolute atomic E-state index is 0.609. The average molecular weight is 787 g/mol. The summed E-state index contributed by atoms with van der Waals surface area (Å²) in [5.74, 6) is -1.68. The fourth-order valence-corrected chi connectivity index (χ4v) is 14.3. The van der Waals surface area contributed by atoms with Crippen molar-refractivity contribution in [3.05, 3.63) is 0 Å². The van der Waals surface area contributed by atoms with Gasteiger partial charge in [0.05, 0.1) is 0 Å². The van der Waals surface area contributed by atoms with Crippen LogP contribution in [-0.2, 0) is 28.4 Å². The quantitative estimate of drug-likeness (QED) is 0.0340. The predicted molar refractivity (Wildman–Crippen MR) is 226 cm³/mol. The molecule has 6 nitrogen and oxygen atoms in total. The third-order valence-electron chi connectivity index (χ3n) is 8.80. The molecule has 0 aliphatic carbocycles. The van der Waals surface area contributed by atoms with Gasteiger partial charge in [-0.2, -0.15) is 0 Å². The molecule has 0 aliphatic rings. The molecule has 0 radical (unpaired) electrons. The van der Waals surface area contributed by atoms with Crippen LogP contribution in [0.25, 0.3) is 0 Å². The van der Waals surface area contributed by atoms with E-state index in [-0.39, 0.29) is 0 Å². The Labute approximate surface area is 326 Å². The first-order valence-electron chi connectivity index (χ1n) is 20.9. The molecule has 0 spiro atoms. The zero-order chi connectivity index (χ0) is 37.0. The summed E-state index contributed by atoms with van der Waals surface area (Å²) >= 11 is 0. The standard InChI is InChI=1S/C40H82O6S4/c1-9-31-37(33-27-23-19-17-21-25-29-35-39(41-11-3,42-12-4)43-13-5)47-49-50-48-38(32-10-2)34-28-24-20-18-22-26-30-36-40(44-14-6,45-15-7)46-16-8/h37-38H,9-36H2,1-8H3. The summed E-state index contributed by atoms with van der Waals surface area (Å²) in [5, 5.41) is 1.58. The van der Waals surface area contributed by atoms with Crippen molar-refractivity contribution < 1.29 is 28.4 Å². The molecule has 0 saturated carbocycles. The first kappa shape index (κ1) is 51.2. The van der Waals surface area contributed by atoms with E-state index in [9.17, 15) is 0 Å². The highest BCUT2D eigenvalue weighted by atomic mass is 33.7. The summed E-state index contributed by atoms with van der Waals surface area (Å²) in [6, 6.07) is 0. The van der Waals surface area contributed by atoms with Gasteiger partial charge in [0.25, 0.3) is 11.9 Å². The summed E-state index contributed by atoms with van der Waals surface area (Å²) < 4.78 is 35.2. The van der Waals surface area contributed by atoms with Crippen molar-refractivity contribution in [2.45, 2.75) is 219 Å². The van der Waals surface area contributed by atoms with Crippen molar-refractivity contribution in [1.29, 1.82) is 0 Å². The Hall–Kier alpha value is 1.16. The van der Waals surface area contributed by atoms with E-state index in [1.165, 1.54) is 116 Å². The third-order valence-corrected chi connectivity index (χ3v) is 16.2. The lowest BCUT2D eigenvalue weighted by Gasteiger charge is -2.32. The van der Waals surface area contributed by atoms with Crippen LogP contribution in [-0.4, -0.2) is 62.1 Å². The third kappa shape index (κ3) is 27.7. The maximum absolute atomic E-state index is 5.87. The molecule has 0 fully saturated rings. The molecule has 0 aromatic carbocycles. The summed E-state index contributed by atoms with van der Waals surface area (Å²) in [5.41, 5.74) is 0. The van der Waals surface area contributed by atoms with Crippen LogP contribution >= 0.6 is 41.2 Å². The van der Waals surface area contributed by atoms with Gasteiger partial charge in [-0.3, -0.25) is 0 Å². The second kappa shape index (κ2) is 37.1. The van der Waals surface area contributed by atoms with Crippen molar-refractivity contribution in [3.8, 4) is 0 Å². The van der Waals surface area contributed by atoms with Gasteiger partial charge in [-0.1, -0.05) is 125 Å². The zero-order valence-electron chi connectivity index (χ0n) is 34.0. The second-order valence-electron chi connectivity index (χ2n) is 13.1. The molecule has 0 amide bonds. The van der Waals surface area contributed by atoms with Crippen LogP contribution in [0.1, 0.15) is 197 Å². The molecule has 2 unspecified atom stereocenters. The number of hydrogen-bond donors (Lipinski definition) is 0. The van der Waals surface area contributed by atoms with E-state index in [2.05, 4.69) is 35.4 Å². The molecule has 0 heterocycles. The van der Waals surface area contributed by atoms with Crippen LogP contribution in [0.4, 0.5) is 0 Å². The van der Waals surface area contributed by atoms with E-state index < -0.39 is 11.9 Å². The highest BCUT2D eigenvalue weighted by Crippen LogP contribution is 2.49. The van der Waals surface area contributed by atoms with Gasteiger partial charge in [-0.05, 0) is 99.7 Å². The first-order valence-corrected chi connectivity index (χ1v) is 25.9. The maximum Gasteiger partial charge on any atom is 0.282 e. The summed E-state index contributed by atoms with van der Waals surface area (Å²) in [4.78, 5) is 0. The first-order chi connectivity index (χ1) is 24.4. The van der Waals surface area contributed by atoms with Crippen molar-refractivity contribution >= 4 is 41.2 Å². The van der Waals surface area contributed by atoms with Crippen LogP contribution in [0.5, 0.6) is 0 Å². The van der Waals surface area contributed by atoms with Crippen molar-refractivity contribution in [2.24, 2.45) is 0 Å². The number of hydrogen-bond acceptors (Lipinski definition) is 10. The van der Waals surface area contributed by atoms with E-state index in [1.807, 2.05) is 61.2 Å². The lowest BCUT2D eigenvalue weighted by molar-refractivity contribution is -0.380. The predicted octanol–water partition coefficient (Wildman–Crippen LogP) is 14.5. The molecule has 2 atom stereocenters. The normalized spacial score (nSPS) is 13.7. The molecule has 10 heteroatoms. The number of unbranched alkanes of at least 4 members (excludes halogenated alkanes) is 12. The second-order valence-corrected chi connectivity index (χ2v) is 19.6. The van der Waals surface area contributed by atoms with Crippen LogP contribution in [0.2, 0.25) is 0 Å². The van der Waals surface area contributed by atoms with Gasteiger partial charge in [-0.15, -0.1) is 0 Å². The Kier molecular flexibility index (Phi) is 38.0. The molecular formula is C40H82O6S4. The Balaban J connectivity index is 4.08. The van der Waals surface area contributed by atoms with E-state index in [0.29, 0.717) is 39.6 Å².